The SMILES string of the molecule is CCOC(=O)c1cc(NC(=O)C(CC)Oc2ccccc2)ccc1Cl. The standard InChI is InChI=1S/C19H20ClNO4/c1-3-17(25-14-8-6-5-7-9-14)18(22)21-13-10-11-16(20)15(12-13)19(23)24-4-2/h5-12,17H,3-4H2,1-2H3,(H,21,22). The first-order chi connectivity index (χ1) is 12.0. The number of amides is 1. The molecule has 6 heteroatoms. The fraction of sp³-hybridized carbons (Fsp3) is 0.263. The highest BCUT2D eigenvalue weighted by atomic mass is 35.5. The molecule has 0 aliphatic heterocycles. The van der Waals surface area contributed by atoms with Crippen LogP contribution in [-0.2, 0) is 9.53 Å². The van der Waals surface area contributed by atoms with Gasteiger partial charge in [0.05, 0.1) is 17.2 Å². The van der Waals surface area contributed by atoms with Crippen LogP contribution in [0.4, 0.5) is 5.69 Å². The van der Waals surface area contributed by atoms with Gasteiger partial charge in [-0.3, -0.25) is 4.79 Å². The van der Waals surface area contributed by atoms with Gasteiger partial charge in [-0.05, 0) is 43.7 Å². The summed E-state index contributed by atoms with van der Waals surface area (Å²) < 4.78 is 10.7. The van der Waals surface area contributed by atoms with Crippen LogP contribution in [0.5, 0.6) is 5.75 Å². The number of nitrogens with one attached hydrogen (secondary N) is 1. The van der Waals surface area contributed by atoms with Crippen molar-refractivity contribution in [1.29, 1.82) is 0 Å². The minimum atomic E-state index is -0.649. The Kier molecular flexibility index (Phi) is 6.83. The highest BCUT2D eigenvalue weighted by Gasteiger charge is 2.20. The Morgan fingerprint density at radius 1 is 1.12 bits per heavy atom. The predicted octanol–water partition coefficient (Wildman–Crippen LogP) is 4.31. The van der Waals surface area contributed by atoms with E-state index in [1.165, 1.54) is 6.07 Å². The second-order valence-electron chi connectivity index (χ2n) is 5.23. The van der Waals surface area contributed by atoms with E-state index in [-0.39, 0.29) is 23.1 Å². The lowest BCUT2D eigenvalue weighted by atomic mass is 10.2. The number of hydrogen-bond donors (Lipinski definition) is 1. The molecule has 0 aromatic heterocycles. The maximum atomic E-state index is 12.5. The maximum absolute atomic E-state index is 12.5. The van der Waals surface area contributed by atoms with Crippen molar-refractivity contribution in [2.45, 2.75) is 26.4 Å². The maximum Gasteiger partial charge on any atom is 0.339 e. The van der Waals surface area contributed by atoms with Crippen molar-refractivity contribution in [2.75, 3.05) is 11.9 Å². The summed E-state index contributed by atoms with van der Waals surface area (Å²) in [6.45, 7) is 3.82. The molecule has 132 valence electrons. The van der Waals surface area contributed by atoms with Crippen LogP contribution in [0.3, 0.4) is 0 Å². The van der Waals surface area contributed by atoms with Crippen molar-refractivity contribution in [3.63, 3.8) is 0 Å². The fourth-order valence-electron chi connectivity index (χ4n) is 2.18. The van der Waals surface area contributed by atoms with Crippen molar-refractivity contribution in [2.24, 2.45) is 0 Å². The lowest BCUT2D eigenvalue weighted by Gasteiger charge is -2.17. The molecular weight excluding hydrogens is 342 g/mol. The number of carbonyl (C=O) groups is 2. The van der Waals surface area contributed by atoms with Crippen LogP contribution in [0.25, 0.3) is 0 Å². The average molecular weight is 362 g/mol. The van der Waals surface area contributed by atoms with Crippen LogP contribution in [0.2, 0.25) is 5.02 Å². The summed E-state index contributed by atoms with van der Waals surface area (Å²) in [7, 11) is 0. The minimum Gasteiger partial charge on any atom is -0.481 e. The Balaban J connectivity index is 2.10. The molecule has 0 radical (unpaired) electrons. The molecule has 0 heterocycles. The van der Waals surface area contributed by atoms with Gasteiger partial charge in [0.2, 0.25) is 0 Å². The van der Waals surface area contributed by atoms with Gasteiger partial charge in [-0.15, -0.1) is 0 Å². The van der Waals surface area contributed by atoms with Crippen molar-refractivity contribution in [3.8, 4) is 5.75 Å². The third kappa shape index (κ3) is 5.22. The number of esters is 1. The number of halogens is 1. The molecule has 2 rings (SSSR count). The molecule has 2 aromatic carbocycles. The van der Waals surface area contributed by atoms with Crippen LogP contribution in [-0.4, -0.2) is 24.6 Å². The quantitative estimate of drug-likeness (QED) is 0.746. The molecule has 0 spiro atoms. The van der Waals surface area contributed by atoms with Gasteiger partial charge in [-0.1, -0.05) is 36.7 Å². The summed E-state index contributed by atoms with van der Waals surface area (Å²) in [6, 6.07) is 13.8. The van der Waals surface area contributed by atoms with Gasteiger partial charge < -0.3 is 14.8 Å². The zero-order valence-corrected chi connectivity index (χ0v) is 14.9. The lowest BCUT2D eigenvalue weighted by molar-refractivity contribution is -0.122. The van der Waals surface area contributed by atoms with Crippen LogP contribution >= 0.6 is 11.6 Å². The molecular formula is C19H20ClNO4. The van der Waals surface area contributed by atoms with E-state index in [1.54, 1.807) is 31.2 Å². The van der Waals surface area contributed by atoms with Crippen LogP contribution in [0.1, 0.15) is 30.6 Å². The first-order valence-electron chi connectivity index (χ1n) is 8.04. The molecule has 1 unspecified atom stereocenters. The summed E-state index contributed by atoms with van der Waals surface area (Å²) in [5.74, 6) is -0.215. The number of rotatable bonds is 7. The molecule has 1 atom stereocenters. The highest BCUT2D eigenvalue weighted by Crippen LogP contribution is 2.22. The van der Waals surface area contributed by atoms with Crippen LogP contribution in [0.15, 0.2) is 48.5 Å². The number of anilines is 1. The Bertz CT molecular complexity index is 733. The molecule has 1 N–H and O–H groups in total. The number of benzene rings is 2. The Morgan fingerprint density at radius 3 is 2.48 bits per heavy atom. The minimum absolute atomic E-state index is 0.207. The van der Waals surface area contributed by atoms with Crippen molar-refractivity contribution >= 4 is 29.2 Å². The van der Waals surface area contributed by atoms with E-state index in [4.69, 9.17) is 21.1 Å². The second kappa shape index (κ2) is 9.08. The van der Waals surface area contributed by atoms with E-state index in [2.05, 4.69) is 5.32 Å². The molecule has 0 bridgehead atoms. The van der Waals surface area contributed by atoms with Crippen LogP contribution in [0, 0.1) is 0 Å². The molecule has 0 aliphatic rings. The fourth-order valence-corrected chi connectivity index (χ4v) is 2.37. The predicted molar refractivity (Wildman–Crippen MR) is 97.2 cm³/mol. The molecule has 0 fully saturated rings. The Hall–Kier alpha value is -2.53. The normalized spacial score (nSPS) is 11.5. The summed E-state index contributed by atoms with van der Waals surface area (Å²) in [6.07, 6.45) is -0.150. The molecule has 0 saturated carbocycles. The van der Waals surface area contributed by atoms with Gasteiger partial charge in [0.1, 0.15) is 5.75 Å². The highest BCUT2D eigenvalue weighted by molar-refractivity contribution is 6.33. The second-order valence-corrected chi connectivity index (χ2v) is 5.64. The summed E-state index contributed by atoms with van der Waals surface area (Å²) in [4.78, 5) is 24.3. The number of ether oxygens (including phenoxy) is 2. The van der Waals surface area contributed by atoms with Gasteiger partial charge in [-0.2, -0.15) is 0 Å². The molecule has 0 aliphatic carbocycles. The number of para-hydroxylation sites is 1. The molecule has 2 aromatic rings. The molecule has 25 heavy (non-hydrogen) atoms. The Labute approximate surface area is 151 Å². The topological polar surface area (TPSA) is 64.6 Å². The van der Waals surface area contributed by atoms with Crippen LogP contribution < -0.4 is 10.1 Å². The number of hydrogen-bond acceptors (Lipinski definition) is 4. The van der Waals surface area contributed by atoms with Gasteiger partial charge in [0, 0.05) is 5.69 Å². The van der Waals surface area contributed by atoms with Crippen molar-refractivity contribution < 1.29 is 19.1 Å². The van der Waals surface area contributed by atoms with E-state index in [0.717, 1.165) is 0 Å². The lowest BCUT2D eigenvalue weighted by Crippen LogP contribution is -2.32. The van der Waals surface area contributed by atoms with Crippen molar-refractivity contribution in [1.82, 2.24) is 0 Å². The molecule has 0 saturated heterocycles. The summed E-state index contributed by atoms with van der Waals surface area (Å²) >= 11 is 6.02. The van der Waals surface area contributed by atoms with E-state index >= 15 is 0 Å². The van der Waals surface area contributed by atoms with Gasteiger partial charge >= 0.3 is 5.97 Å². The van der Waals surface area contributed by atoms with E-state index in [1.807, 2.05) is 25.1 Å². The summed E-state index contributed by atoms with van der Waals surface area (Å²) in [5.41, 5.74) is 0.658. The largest absolute Gasteiger partial charge is 0.481 e. The summed E-state index contributed by atoms with van der Waals surface area (Å²) in [5, 5.41) is 3.02. The number of carbonyl (C=O) groups excluding carboxylic acids is 2. The van der Waals surface area contributed by atoms with Crippen molar-refractivity contribution in [3.05, 3.63) is 59.1 Å². The van der Waals surface area contributed by atoms with E-state index in [0.29, 0.717) is 17.9 Å². The molecule has 5 nitrogen and oxygen atoms in total. The third-order valence-electron chi connectivity index (χ3n) is 3.41. The Morgan fingerprint density at radius 2 is 1.84 bits per heavy atom. The smallest absolute Gasteiger partial charge is 0.339 e. The average Bonchev–Trinajstić information content (AvgIpc) is 2.62. The first-order valence-corrected chi connectivity index (χ1v) is 8.42. The van der Waals surface area contributed by atoms with E-state index in [9.17, 15) is 9.59 Å². The monoisotopic (exact) mass is 361 g/mol. The zero-order chi connectivity index (χ0) is 18.2. The zero-order valence-electron chi connectivity index (χ0n) is 14.1. The van der Waals surface area contributed by atoms with Gasteiger partial charge in [0.15, 0.2) is 6.10 Å². The van der Waals surface area contributed by atoms with Gasteiger partial charge in [0.25, 0.3) is 5.91 Å². The third-order valence-corrected chi connectivity index (χ3v) is 3.74. The first kappa shape index (κ1) is 18.8. The molecule has 1 amide bonds. The van der Waals surface area contributed by atoms with E-state index < -0.39 is 12.1 Å². The van der Waals surface area contributed by atoms with Gasteiger partial charge in [-0.25, -0.2) is 4.79 Å².